The monoisotopic (exact) mass is 910 g/mol. The number of ether oxygens (including phenoxy) is 4. The minimum Gasteiger partial charge on any atom is -0.462 e. The van der Waals surface area contributed by atoms with Gasteiger partial charge in [0.05, 0.1) is 58.5 Å². The highest BCUT2D eigenvalue weighted by molar-refractivity contribution is 7.89. The lowest BCUT2D eigenvalue weighted by molar-refractivity contribution is 0.0508. The molecule has 5 aromatic rings. The fraction of sp³-hybridized carbons (Fsp3) is 0.292. The number of fused-ring (bicyclic) bond motifs is 7. The Kier molecular flexibility index (Phi) is 14.9. The average molecular weight is 911 g/mol. The summed E-state index contributed by atoms with van der Waals surface area (Å²) < 4.78 is 83.4. The molecule has 0 saturated heterocycles. The summed E-state index contributed by atoms with van der Waals surface area (Å²) in [5.74, 6) is -3.12. The first kappa shape index (κ1) is 47.3. The van der Waals surface area contributed by atoms with Gasteiger partial charge in [0, 0.05) is 26.2 Å². The third-order valence-corrected chi connectivity index (χ3v) is 14.0. The SMILES string of the molecule is CCOC(=O)c1cc2cc(c1)-c1cc(cc(C(=O)OCC)c1)CN(S(=O)(=O)c1ccc(C)cc1)Cc1cc(c(C(=O)OCC)cc1C(=O)OCC)CN(S(=O)(=O)c1ccc(C)cc1)C2. The Hall–Kier alpha value is -6.20. The van der Waals surface area contributed by atoms with Crippen molar-refractivity contribution in [2.75, 3.05) is 26.4 Å². The number of esters is 4. The molecule has 336 valence electrons. The van der Waals surface area contributed by atoms with Crippen LogP contribution in [-0.4, -0.2) is 75.8 Å². The van der Waals surface area contributed by atoms with Gasteiger partial charge in [-0.3, -0.25) is 0 Å². The highest BCUT2D eigenvalue weighted by atomic mass is 32.2. The molecule has 16 heteroatoms. The summed E-state index contributed by atoms with van der Waals surface area (Å²) in [6.07, 6.45) is 0. The number of rotatable bonds is 12. The number of sulfonamides is 2. The number of hydrogen-bond donors (Lipinski definition) is 0. The first-order valence-electron chi connectivity index (χ1n) is 20.7. The average Bonchev–Trinajstić information content (AvgIpc) is 3.26. The molecule has 6 bridgehead atoms. The molecule has 0 atom stereocenters. The van der Waals surface area contributed by atoms with Crippen molar-refractivity contribution in [1.29, 1.82) is 0 Å². The van der Waals surface area contributed by atoms with E-state index in [9.17, 15) is 36.0 Å². The maximum Gasteiger partial charge on any atom is 0.338 e. The van der Waals surface area contributed by atoms with Gasteiger partial charge in [-0.1, -0.05) is 41.5 Å². The normalized spacial score (nSPS) is 13.5. The van der Waals surface area contributed by atoms with E-state index in [1.807, 2.05) is 13.8 Å². The summed E-state index contributed by atoms with van der Waals surface area (Å²) in [5.41, 5.74) is 3.06. The van der Waals surface area contributed by atoms with Crippen molar-refractivity contribution in [2.24, 2.45) is 0 Å². The summed E-state index contributed by atoms with van der Waals surface area (Å²) in [4.78, 5) is 54.5. The first-order valence-corrected chi connectivity index (χ1v) is 23.6. The smallest absolute Gasteiger partial charge is 0.338 e. The fourth-order valence-electron chi connectivity index (χ4n) is 7.28. The predicted molar refractivity (Wildman–Crippen MR) is 237 cm³/mol. The molecule has 0 radical (unpaired) electrons. The lowest BCUT2D eigenvalue weighted by Crippen LogP contribution is -2.33. The molecule has 1 aliphatic rings. The summed E-state index contributed by atoms with van der Waals surface area (Å²) in [6.45, 7) is 8.41. The Labute approximate surface area is 373 Å². The van der Waals surface area contributed by atoms with Crippen molar-refractivity contribution in [1.82, 2.24) is 8.61 Å². The van der Waals surface area contributed by atoms with Gasteiger partial charge in [0.2, 0.25) is 20.0 Å². The van der Waals surface area contributed by atoms with Crippen molar-refractivity contribution < 1.29 is 55.0 Å². The van der Waals surface area contributed by atoms with Crippen LogP contribution in [0.4, 0.5) is 0 Å². The van der Waals surface area contributed by atoms with Crippen molar-refractivity contribution in [3.8, 4) is 11.1 Å². The second-order valence-electron chi connectivity index (χ2n) is 15.1. The van der Waals surface area contributed by atoms with Crippen molar-refractivity contribution in [3.63, 3.8) is 0 Å². The van der Waals surface area contributed by atoms with Crippen LogP contribution in [0.3, 0.4) is 0 Å². The zero-order chi connectivity index (χ0) is 46.3. The Balaban J connectivity index is 1.73. The number of aryl methyl sites for hydroxylation is 2. The van der Waals surface area contributed by atoms with Gasteiger partial charge in [-0.2, -0.15) is 8.61 Å². The van der Waals surface area contributed by atoms with Crippen LogP contribution in [0.5, 0.6) is 0 Å². The zero-order valence-electron chi connectivity index (χ0n) is 36.5. The standard InChI is InChI=1S/C48H50N2O12S2/c1-7-59-45(51)37-21-33-19-35(23-37)36-20-34(22-38(24-36)46(52)60-8-2)28-50(64(57,58)42-17-13-32(6)14-18-42)30-40-25-39(43(47(53)61-9-3)26-44(40)48(54)62-10-4)29-49(27-33)63(55,56)41-15-11-31(5)12-16-41/h11-26H,7-10,27-30H2,1-6H3. The molecular formula is C48H50N2O12S2. The molecule has 0 saturated carbocycles. The Morgan fingerprint density at radius 2 is 0.797 bits per heavy atom. The predicted octanol–water partition coefficient (Wildman–Crippen LogP) is 7.77. The van der Waals surface area contributed by atoms with Crippen LogP contribution < -0.4 is 0 Å². The Bertz CT molecular complexity index is 2620. The molecule has 0 amide bonds. The lowest BCUT2D eigenvalue weighted by atomic mass is 9.96. The minimum absolute atomic E-state index is 0.0425. The van der Waals surface area contributed by atoms with E-state index in [1.165, 1.54) is 48.5 Å². The van der Waals surface area contributed by atoms with Gasteiger partial charge < -0.3 is 18.9 Å². The van der Waals surface area contributed by atoms with E-state index in [0.29, 0.717) is 22.3 Å². The van der Waals surface area contributed by atoms with E-state index in [2.05, 4.69) is 0 Å². The topological polar surface area (TPSA) is 180 Å². The van der Waals surface area contributed by atoms with Crippen molar-refractivity contribution >= 4 is 43.9 Å². The van der Waals surface area contributed by atoms with Gasteiger partial charge in [0.15, 0.2) is 0 Å². The first-order chi connectivity index (χ1) is 30.5. The summed E-state index contributed by atoms with van der Waals surface area (Å²) in [7, 11) is -8.86. The van der Waals surface area contributed by atoms with Crippen LogP contribution in [0, 0.1) is 13.8 Å². The summed E-state index contributed by atoms with van der Waals surface area (Å²) >= 11 is 0. The van der Waals surface area contributed by atoms with Crippen LogP contribution >= 0.6 is 0 Å². The highest BCUT2D eigenvalue weighted by Crippen LogP contribution is 2.33. The van der Waals surface area contributed by atoms with E-state index in [4.69, 9.17) is 18.9 Å². The van der Waals surface area contributed by atoms with E-state index in [-0.39, 0.29) is 82.7 Å². The van der Waals surface area contributed by atoms with Gasteiger partial charge in [-0.05, 0) is 142 Å². The largest absolute Gasteiger partial charge is 0.462 e. The molecule has 0 aliphatic carbocycles. The Morgan fingerprint density at radius 3 is 1.14 bits per heavy atom. The van der Waals surface area contributed by atoms with Gasteiger partial charge in [-0.15, -0.1) is 0 Å². The molecule has 14 nitrogen and oxygen atoms in total. The maximum atomic E-state index is 14.9. The van der Waals surface area contributed by atoms with Gasteiger partial charge in [-0.25, -0.2) is 36.0 Å². The second-order valence-corrected chi connectivity index (χ2v) is 18.9. The molecule has 0 fully saturated rings. The summed E-state index contributed by atoms with van der Waals surface area (Å²) in [5, 5.41) is 0. The van der Waals surface area contributed by atoms with Gasteiger partial charge >= 0.3 is 23.9 Å². The van der Waals surface area contributed by atoms with Crippen LogP contribution in [0.25, 0.3) is 11.1 Å². The zero-order valence-corrected chi connectivity index (χ0v) is 38.1. The quantitative estimate of drug-likeness (QED) is 0.0878. The summed E-state index contributed by atoms with van der Waals surface area (Å²) in [6, 6.07) is 24.5. The van der Waals surface area contributed by atoms with E-state index in [1.54, 1.807) is 76.2 Å². The third kappa shape index (κ3) is 10.6. The minimum atomic E-state index is -4.43. The van der Waals surface area contributed by atoms with Crippen LogP contribution in [0.1, 0.15) is 103 Å². The van der Waals surface area contributed by atoms with Gasteiger partial charge in [0.1, 0.15) is 0 Å². The van der Waals surface area contributed by atoms with E-state index >= 15 is 0 Å². The number of carbonyl (C=O) groups excluding carboxylic acids is 4. The highest BCUT2D eigenvalue weighted by Gasteiger charge is 2.33. The van der Waals surface area contributed by atoms with Crippen LogP contribution in [-0.2, 0) is 65.2 Å². The number of nitrogens with zero attached hydrogens (tertiary/aromatic N) is 2. The molecule has 64 heavy (non-hydrogen) atoms. The molecule has 0 unspecified atom stereocenters. The number of carbonyl (C=O) groups is 4. The molecule has 0 aromatic heterocycles. The molecule has 1 heterocycles. The molecule has 1 aliphatic heterocycles. The molecule has 0 N–H and O–H groups in total. The molecule has 6 rings (SSSR count). The number of hydrogen-bond acceptors (Lipinski definition) is 12. The van der Waals surface area contributed by atoms with Crippen LogP contribution in [0.15, 0.2) is 107 Å². The van der Waals surface area contributed by atoms with Gasteiger partial charge in [0.25, 0.3) is 0 Å². The van der Waals surface area contributed by atoms with Crippen LogP contribution in [0.2, 0.25) is 0 Å². The van der Waals surface area contributed by atoms with E-state index < -0.39 is 57.0 Å². The second kappa shape index (κ2) is 20.1. The molecule has 0 spiro atoms. The lowest BCUT2D eigenvalue weighted by Gasteiger charge is -2.26. The third-order valence-electron chi connectivity index (χ3n) is 10.4. The van der Waals surface area contributed by atoms with Crippen molar-refractivity contribution in [2.45, 2.75) is 77.5 Å². The number of benzene rings is 5. The van der Waals surface area contributed by atoms with E-state index in [0.717, 1.165) is 19.7 Å². The maximum absolute atomic E-state index is 14.9. The van der Waals surface area contributed by atoms with Crippen molar-refractivity contribution in [3.05, 3.63) is 153 Å². The Morgan fingerprint density at radius 1 is 0.453 bits per heavy atom. The molecule has 5 aromatic carbocycles. The molecular weight excluding hydrogens is 861 g/mol. The fourth-order valence-corrected chi connectivity index (χ4v) is 10.1.